The van der Waals surface area contributed by atoms with Gasteiger partial charge in [0, 0.05) is 11.1 Å². The van der Waals surface area contributed by atoms with Crippen LogP contribution in [0, 0.1) is 0 Å². The summed E-state index contributed by atoms with van der Waals surface area (Å²) >= 11 is 0. The number of amides is 1. The van der Waals surface area contributed by atoms with E-state index < -0.39 is 0 Å². The molecule has 1 fully saturated rings. The van der Waals surface area contributed by atoms with Gasteiger partial charge >= 0.3 is 0 Å². The Balaban J connectivity index is 1.95. The number of carbonyl (C=O) groups excluding carboxylic acids is 1. The molecule has 0 spiro atoms. The van der Waals surface area contributed by atoms with Crippen molar-refractivity contribution in [3.63, 3.8) is 0 Å². The van der Waals surface area contributed by atoms with Crippen LogP contribution in [-0.2, 0) is 9.47 Å². The second-order valence-corrected chi connectivity index (χ2v) is 5.46. The molecule has 0 bridgehead atoms. The maximum absolute atomic E-state index is 12.2. The number of hydrogen-bond acceptors (Lipinski definition) is 3. The molecule has 0 unspecified atom stereocenters. The molecule has 0 atom stereocenters. The lowest BCUT2D eigenvalue weighted by Crippen LogP contribution is -2.49. The molecule has 1 aromatic carbocycles. The molecule has 0 saturated carbocycles. The van der Waals surface area contributed by atoms with Crippen LogP contribution in [0.15, 0.2) is 30.3 Å². The third-order valence-electron chi connectivity index (χ3n) is 3.70. The summed E-state index contributed by atoms with van der Waals surface area (Å²) in [6.07, 6.45) is 2.34. The first-order valence-corrected chi connectivity index (χ1v) is 7.24. The molecule has 4 heteroatoms. The lowest BCUT2D eigenvalue weighted by atomic mass is 9.93. The van der Waals surface area contributed by atoms with E-state index >= 15 is 0 Å². The first-order valence-electron chi connectivity index (χ1n) is 7.24. The minimum Gasteiger partial charge on any atom is -0.353 e. The molecule has 1 heterocycles. The molecular weight excluding hydrogens is 254 g/mol. The SMILES string of the molecule is CCC1OCCC(C)(NC(=O)c2ccccc2)CCO1. The zero-order valence-electron chi connectivity index (χ0n) is 12.2. The normalized spacial score (nSPS) is 27.4. The molecule has 20 heavy (non-hydrogen) atoms. The highest BCUT2D eigenvalue weighted by Crippen LogP contribution is 2.20. The number of carbonyl (C=O) groups is 1. The predicted octanol–water partition coefficient (Wildman–Crippen LogP) is 2.74. The van der Waals surface area contributed by atoms with Gasteiger partial charge in [0.05, 0.1) is 13.2 Å². The van der Waals surface area contributed by atoms with Gasteiger partial charge < -0.3 is 14.8 Å². The van der Waals surface area contributed by atoms with Gasteiger partial charge in [-0.25, -0.2) is 0 Å². The van der Waals surface area contributed by atoms with Gasteiger partial charge in [-0.15, -0.1) is 0 Å². The van der Waals surface area contributed by atoms with Crippen molar-refractivity contribution in [2.75, 3.05) is 13.2 Å². The summed E-state index contributed by atoms with van der Waals surface area (Å²) in [6, 6.07) is 9.28. The topological polar surface area (TPSA) is 47.6 Å². The monoisotopic (exact) mass is 277 g/mol. The Morgan fingerprint density at radius 2 is 1.85 bits per heavy atom. The summed E-state index contributed by atoms with van der Waals surface area (Å²) in [5.41, 5.74) is 0.398. The van der Waals surface area contributed by atoms with Crippen LogP contribution in [0.1, 0.15) is 43.5 Å². The van der Waals surface area contributed by atoms with Crippen molar-refractivity contribution >= 4 is 5.91 Å². The van der Waals surface area contributed by atoms with Crippen LogP contribution in [0.2, 0.25) is 0 Å². The van der Waals surface area contributed by atoms with Crippen LogP contribution in [0.5, 0.6) is 0 Å². The maximum atomic E-state index is 12.2. The zero-order chi connectivity index (χ0) is 14.4. The van der Waals surface area contributed by atoms with E-state index in [9.17, 15) is 4.79 Å². The molecular formula is C16H23NO3. The molecule has 4 nitrogen and oxygen atoms in total. The van der Waals surface area contributed by atoms with Crippen LogP contribution >= 0.6 is 0 Å². The number of hydrogen-bond donors (Lipinski definition) is 1. The van der Waals surface area contributed by atoms with Crippen LogP contribution in [0.3, 0.4) is 0 Å². The van der Waals surface area contributed by atoms with Gasteiger partial charge in [-0.3, -0.25) is 4.79 Å². The van der Waals surface area contributed by atoms with Crippen LogP contribution in [0.4, 0.5) is 0 Å². The largest absolute Gasteiger partial charge is 0.353 e. The highest BCUT2D eigenvalue weighted by molar-refractivity contribution is 5.94. The van der Waals surface area contributed by atoms with Gasteiger partial charge in [0.2, 0.25) is 0 Å². The molecule has 1 N–H and O–H groups in total. The molecule has 110 valence electrons. The fourth-order valence-electron chi connectivity index (χ4n) is 2.30. The quantitative estimate of drug-likeness (QED) is 0.924. The van der Waals surface area contributed by atoms with Gasteiger partial charge in [-0.1, -0.05) is 25.1 Å². The van der Waals surface area contributed by atoms with E-state index in [1.807, 2.05) is 44.2 Å². The number of rotatable bonds is 3. The van der Waals surface area contributed by atoms with Crippen molar-refractivity contribution in [3.8, 4) is 0 Å². The second kappa shape index (κ2) is 6.86. The van der Waals surface area contributed by atoms with Crippen LogP contribution < -0.4 is 5.32 Å². The average molecular weight is 277 g/mol. The van der Waals surface area contributed by atoms with Crippen LogP contribution in [-0.4, -0.2) is 30.9 Å². The Morgan fingerprint density at radius 1 is 1.25 bits per heavy atom. The van der Waals surface area contributed by atoms with Crippen molar-refractivity contribution < 1.29 is 14.3 Å². The van der Waals surface area contributed by atoms with Crippen LogP contribution in [0.25, 0.3) is 0 Å². The molecule has 0 radical (unpaired) electrons. The summed E-state index contributed by atoms with van der Waals surface area (Å²) in [5, 5.41) is 3.11. The molecule has 1 amide bonds. The van der Waals surface area contributed by atoms with Gasteiger partial charge in [-0.05, 0) is 38.3 Å². The smallest absolute Gasteiger partial charge is 0.251 e. The van der Waals surface area contributed by atoms with Crippen molar-refractivity contribution in [3.05, 3.63) is 35.9 Å². The van der Waals surface area contributed by atoms with Gasteiger partial charge in [-0.2, -0.15) is 0 Å². The molecule has 1 aromatic rings. The standard InChI is InChI=1S/C16H23NO3/c1-3-14-19-11-9-16(2,10-12-20-14)17-15(18)13-7-5-4-6-8-13/h4-8,14H,3,9-12H2,1-2H3,(H,17,18). The third kappa shape index (κ3) is 4.05. The van der Waals surface area contributed by atoms with Gasteiger partial charge in [0.1, 0.15) is 0 Å². The minimum absolute atomic E-state index is 0.0410. The van der Waals surface area contributed by atoms with E-state index in [-0.39, 0.29) is 17.7 Å². The Kier molecular flexibility index (Phi) is 5.15. The molecule has 0 aliphatic carbocycles. The maximum Gasteiger partial charge on any atom is 0.251 e. The summed E-state index contributed by atoms with van der Waals surface area (Å²) in [5.74, 6) is -0.0410. The Morgan fingerprint density at radius 3 is 2.40 bits per heavy atom. The van der Waals surface area contributed by atoms with E-state index in [4.69, 9.17) is 9.47 Å². The van der Waals surface area contributed by atoms with Gasteiger partial charge in [0.15, 0.2) is 6.29 Å². The molecule has 1 aliphatic heterocycles. The summed E-state index contributed by atoms with van der Waals surface area (Å²) in [4.78, 5) is 12.2. The lowest BCUT2D eigenvalue weighted by molar-refractivity contribution is -0.160. The molecule has 1 aliphatic rings. The molecule has 0 aromatic heterocycles. The first kappa shape index (κ1) is 15.0. The summed E-state index contributed by atoms with van der Waals surface area (Å²) in [6.45, 7) is 5.30. The van der Waals surface area contributed by atoms with Crippen molar-refractivity contribution in [2.24, 2.45) is 0 Å². The predicted molar refractivity (Wildman–Crippen MR) is 77.5 cm³/mol. The Labute approximate surface area is 120 Å². The molecule has 2 rings (SSSR count). The summed E-state index contributed by atoms with van der Waals surface area (Å²) in [7, 11) is 0. The zero-order valence-corrected chi connectivity index (χ0v) is 12.2. The average Bonchev–Trinajstić information content (AvgIpc) is 2.44. The fourth-order valence-corrected chi connectivity index (χ4v) is 2.30. The number of benzene rings is 1. The van der Waals surface area contributed by atoms with Crippen molar-refractivity contribution in [1.82, 2.24) is 5.32 Å². The fraction of sp³-hybridized carbons (Fsp3) is 0.562. The Hall–Kier alpha value is -1.39. The first-order chi connectivity index (χ1) is 9.63. The van der Waals surface area contributed by atoms with Gasteiger partial charge in [0.25, 0.3) is 5.91 Å². The van der Waals surface area contributed by atoms with E-state index in [1.54, 1.807) is 0 Å². The van der Waals surface area contributed by atoms with E-state index in [0.29, 0.717) is 18.8 Å². The Bertz CT molecular complexity index is 423. The van der Waals surface area contributed by atoms with E-state index in [0.717, 1.165) is 19.3 Å². The van der Waals surface area contributed by atoms with Crippen molar-refractivity contribution in [2.45, 2.75) is 44.9 Å². The lowest BCUT2D eigenvalue weighted by Gasteiger charge is -2.34. The van der Waals surface area contributed by atoms with E-state index in [2.05, 4.69) is 5.32 Å². The van der Waals surface area contributed by atoms with E-state index in [1.165, 1.54) is 0 Å². The minimum atomic E-state index is -0.286. The highest BCUT2D eigenvalue weighted by Gasteiger charge is 2.29. The second-order valence-electron chi connectivity index (χ2n) is 5.46. The number of ether oxygens (including phenoxy) is 2. The molecule has 1 saturated heterocycles. The van der Waals surface area contributed by atoms with Crippen molar-refractivity contribution in [1.29, 1.82) is 0 Å². The number of nitrogens with one attached hydrogen (secondary N) is 1. The highest BCUT2D eigenvalue weighted by atomic mass is 16.7. The third-order valence-corrected chi connectivity index (χ3v) is 3.70. The summed E-state index contributed by atoms with van der Waals surface area (Å²) < 4.78 is 11.3.